The van der Waals surface area contributed by atoms with E-state index in [9.17, 15) is 4.79 Å². The van der Waals surface area contributed by atoms with Gasteiger partial charge in [0, 0.05) is 71.0 Å². The molecule has 0 spiro atoms. The van der Waals surface area contributed by atoms with Crippen LogP contribution >= 0.6 is 11.6 Å². The molecular weight excluding hydrogens is 398 g/mol. The van der Waals surface area contributed by atoms with Gasteiger partial charge in [0.25, 0.3) is 0 Å². The lowest BCUT2D eigenvalue weighted by Gasteiger charge is -2.43. The maximum absolute atomic E-state index is 12.6. The number of para-hydroxylation sites is 1. The molecule has 30 heavy (non-hydrogen) atoms. The predicted octanol–water partition coefficient (Wildman–Crippen LogP) is 3.81. The maximum Gasteiger partial charge on any atom is 0.222 e. The fourth-order valence-corrected chi connectivity index (χ4v) is 4.91. The highest BCUT2D eigenvalue weighted by Crippen LogP contribution is 2.38. The summed E-state index contributed by atoms with van der Waals surface area (Å²) in [6.07, 6.45) is 10.1. The quantitative estimate of drug-likeness (QED) is 0.622. The normalized spacial score (nSPS) is 21.5. The number of hydrogen-bond acceptors (Lipinski definition) is 5. The van der Waals surface area contributed by atoms with Gasteiger partial charge in [-0.25, -0.2) is 0 Å². The van der Waals surface area contributed by atoms with Gasteiger partial charge in [0.05, 0.1) is 10.7 Å². The third-order valence-corrected chi connectivity index (χ3v) is 6.95. The molecule has 1 aromatic carbocycles. The molecule has 0 aromatic heterocycles. The molecule has 0 bridgehead atoms. The molecule has 0 saturated carbocycles. The first kappa shape index (κ1) is 21.1. The van der Waals surface area contributed by atoms with Crippen molar-refractivity contribution in [1.82, 2.24) is 9.80 Å². The Hall–Kier alpha value is -2.10. The number of hydrogen-bond donors (Lipinski definition) is 0. The number of rotatable bonds is 7. The number of carbonyl (C=O) groups excluding carboxylic acids is 1. The minimum Gasteiger partial charge on any atom is -0.368 e. The summed E-state index contributed by atoms with van der Waals surface area (Å²) in [6, 6.07) is 8.64. The Kier molecular flexibility index (Phi) is 6.60. The van der Waals surface area contributed by atoms with Crippen LogP contribution in [0.5, 0.6) is 0 Å². The fourth-order valence-electron chi connectivity index (χ4n) is 4.65. The molecule has 0 aliphatic carbocycles. The monoisotopic (exact) mass is 427 g/mol. The molecule has 7 heteroatoms. The lowest BCUT2D eigenvalue weighted by Crippen LogP contribution is -2.53. The molecule has 160 valence electrons. The molecule has 4 rings (SSSR count). The summed E-state index contributed by atoms with van der Waals surface area (Å²) >= 11 is 6.36. The number of likely N-dealkylation sites (tertiary alicyclic amines) is 1. The minimum absolute atomic E-state index is 0.231. The van der Waals surface area contributed by atoms with Gasteiger partial charge in [0.1, 0.15) is 0 Å². The number of anilines is 1. The van der Waals surface area contributed by atoms with Crippen LogP contribution in [0.2, 0.25) is 5.02 Å². The first-order chi connectivity index (χ1) is 14.6. The van der Waals surface area contributed by atoms with Gasteiger partial charge in [0.15, 0.2) is 5.66 Å². The zero-order chi connectivity index (χ0) is 21.0. The highest BCUT2D eigenvalue weighted by atomic mass is 35.5. The third kappa shape index (κ3) is 4.96. The van der Waals surface area contributed by atoms with Crippen LogP contribution < -0.4 is 4.90 Å². The lowest BCUT2D eigenvalue weighted by atomic mass is 9.99. The molecule has 2 fully saturated rings. The number of piperazine rings is 1. The van der Waals surface area contributed by atoms with Crippen molar-refractivity contribution >= 4 is 23.2 Å². The second kappa shape index (κ2) is 9.36. The van der Waals surface area contributed by atoms with Gasteiger partial charge < -0.3 is 9.80 Å². The summed E-state index contributed by atoms with van der Waals surface area (Å²) in [6.45, 7) is 5.78. The van der Waals surface area contributed by atoms with E-state index in [1.54, 1.807) is 0 Å². The van der Waals surface area contributed by atoms with Crippen LogP contribution in [0.3, 0.4) is 0 Å². The van der Waals surface area contributed by atoms with Gasteiger partial charge in [0.2, 0.25) is 5.91 Å². The van der Waals surface area contributed by atoms with Gasteiger partial charge in [-0.1, -0.05) is 23.7 Å². The van der Waals surface area contributed by atoms with E-state index in [4.69, 9.17) is 18.0 Å². The molecule has 3 heterocycles. The van der Waals surface area contributed by atoms with Crippen molar-refractivity contribution in [3.63, 3.8) is 0 Å². The number of nitrogens with zero attached hydrogens (tertiary/aromatic N) is 5. The Balaban J connectivity index is 1.18. The second-order valence-corrected chi connectivity index (χ2v) is 8.88. The molecule has 1 amide bonds. The average molecular weight is 428 g/mol. The van der Waals surface area contributed by atoms with E-state index in [1.165, 1.54) is 0 Å². The van der Waals surface area contributed by atoms with Crippen LogP contribution in [-0.2, 0) is 4.79 Å². The van der Waals surface area contributed by atoms with Gasteiger partial charge in [-0.2, -0.15) is 10.2 Å². The SMILES string of the molecule is C#CCCC1(CCC(=O)N2CCC(N3CCN(c4ccccc4Cl)CC3)CC2)N=N1. The van der Waals surface area contributed by atoms with Crippen molar-refractivity contribution in [2.75, 3.05) is 44.2 Å². The van der Waals surface area contributed by atoms with E-state index in [0.717, 1.165) is 69.2 Å². The van der Waals surface area contributed by atoms with Crippen LogP contribution in [0.4, 0.5) is 5.69 Å². The first-order valence-corrected chi connectivity index (χ1v) is 11.4. The number of amides is 1. The molecule has 0 radical (unpaired) electrons. The Morgan fingerprint density at radius 2 is 1.80 bits per heavy atom. The van der Waals surface area contributed by atoms with Crippen LogP contribution in [0.15, 0.2) is 34.5 Å². The summed E-state index contributed by atoms with van der Waals surface area (Å²) in [5.74, 6) is 2.87. The van der Waals surface area contributed by atoms with Crippen LogP contribution in [-0.4, -0.2) is 66.7 Å². The summed E-state index contributed by atoms with van der Waals surface area (Å²) in [4.78, 5) is 19.6. The number of terminal acetylenes is 1. The van der Waals surface area contributed by atoms with Crippen LogP contribution in [0.25, 0.3) is 0 Å². The number of piperidine rings is 1. The maximum atomic E-state index is 12.6. The van der Waals surface area contributed by atoms with Crippen molar-refractivity contribution in [3.8, 4) is 12.3 Å². The summed E-state index contributed by atoms with van der Waals surface area (Å²) in [7, 11) is 0. The first-order valence-electron chi connectivity index (χ1n) is 11.0. The highest BCUT2D eigenvalue weighted by molar-refractivity contribution is 6.33. The van der Waals surface area contributed by atoms with E-state index in [0.29, 0.717) is 25.3 Å². The van der Waals surface area contributed by atoms with E-state index < -0.39 is 0 Å². The molecule has 6 nitrogen and oxygen atoms in total. The molecule has 2 saturated heterocycles. The number of benzene rings is 1. The van der Waals surface area contributed by atoms with Crippen LogP contribution in [0.1, 0.15) is 38.5 Å². The summed E-state index contributed by atoms with van der Waals surface area (Å²) < 4.78 is 0. The molecule has 0 atom stereocenters. The fraction of sp³-hybridized carbons (Fsp3) is 0.609. The van der Waals surface area contributed by atoms with Gasteiger partial charge in [-0.15, -0.1) is 12.3 Å². The van der Waals surface area contributed by atoms with E-state index in [-0.39, 0.29) is 11.6 Å². The standard InChI is InChI=1S/C23H30ClN5O/c1-2-3-11-23(25-26-23)12-8-22(30)29-13-9-19(10-14-29)27-15-17-28(18-16-27)21-7-5-4-6-20(21)24/h1,4-7,19H,3,8-18H2. The molecule has 0 unspecified atom stereocenters. The lowest BCUT2D eigenvalue weighted by molar-refractivity contribution is -0.133. The summed E-state index contributed by atoms with van der Waals surface area (Å²) in [5, 5.41) is 9.09. The predicted molar refractivity (Wildman–Crippen MR) is 120 cm³/mol. The topological polar surface area (TPSA) is 51.5 Å². The zero-order valence-corrected chi connectivity index (χ0v) is 18.2. The van der Waals surface area contributed by atoms with E-state index in [1.807, 2.05) is 23.1 Å². The van der Waals surface area contributed by atoms with Crippen molar-refractivity contribution < 1.29 is 4.79 Å². The number of halogens is 1. The molecular formula is C23H30ClN5O. The van der Waals surface area contributed by atoms with Gasteiger partial charge in [-0.05, 0) is 25.0 Å². The Morgan fingerprint density at radius 3 is 2.43 bits per heavy atom. The van der Waals surface area contributed by atoms with E-state index in [2.05, 4.69) is 32.0 Å². The molecule has 3 aliphatic rings. The molecule has 1 aromatic rings. The van der Waals surface area contributed by atoms with Crippen molar-refractivity contribution in [1.29, 1.82) is 0 Å². The highest BCUT2D eigenvalue weighted by Gasteiger charge is 2.40. The molecule has 0 N–H and O–H groups in total. The second-order valence-electron chi connectivity index (χ2n) is 8.47. The van der Waals surface area contributed by atoms with Crippen molar-refractivity contribution in [2.24, 2.45) is 10.2 Å². The number of carbonyl (C=O) groups is 1. The molecule has 3 aliphatic heterocycles. The Labute approximate surface area is 184 Å². The zero-order valence-electron chi connectivity index (χ0n) is 17.5. The smallest absolute Gasteiger partial charge is 0.222 e. The van der Waals surface area contributed by atoms with Crippen molar-refractivity contribution in [2.45, 2.75) is 50.2 Å². The van der Waals surface area contributed by atoms with Crippen molar-refractivity contribution in [3.05, 3.63) is 29.3 Å². The van der Waals surface area contributed by atoms with E-state index >= 15 is 0 Å². The summed E-state index contributed by atoms with van der Waals surface area (Å²) in [5.41, 5.74) is 0.773. The Morgan fingerprint density at radius 1 is 1.10 bits per heavy atom. The third-order valence-electron chi connectivity index (χ3n) is 6.63. The van der Waals surface area contributed by atoms with Crippen LogP contribution in [0, 0.1) is 12.3 Å². The Bertz CT molecular complexity index is 813. The minimum atomic E-state index is -0.359. The van der Waals surface area contributed by atoms with Gasteiger partial charge >= 0.3 is 0 Å². The largest absolute Gasteiger partial charge is 0.368 e. The average Bonchev–Trinajstić information content (AvgIpc) is 3.57. The van der Waals surface area contributed by atoms with Gasteiger partial charge in [-0.3, -0.25) is 9.69 Å².